The van der Waals surface area contributed by atoms with Gasteiger partial charge in [0.05, 0.1) is 0 Å². The van der Waals surface area contributed by atoms with Crippen molar-refractivity contribution in [1.29, 1.82) is 0 Å². The second-order valence-electron chi connectivity index (χ2n) is 5.67. The summed E-state index contributed by atoms with van der Waals surface area (Å²) in [7, 11) is 0. The second-order valence-corrected chi connectivity index (χ2v) is 5.67. The number of rotatable bonds is 8. The van der Waals surface area contributed by atoms with Crippen LogP contribution in [0.1, 0.15) is 51.9 Å². The van der Waals surface area contributed by atoms with Crippen molar-refractivity contribution in [2.45, 2.75) is 57.9 Å². The van der Waals surface area contributed by atoms with Crippen molar-refractivity contribution < 1.29 is 14.4 Å². The molecular weight excluding hydrogens is 284 g/mol. The van der Waals surface area contributed by atoms with E-state index in [2.05, 4.69) is 21.3 Å². The summed E-state index contributed by atoms with van der Waals surface area (Å²) in [5, 5.41) is 11.1. The van der Waals surface area contributed by atoms with E-state index in [9.17, 15) is 14.4 Å². The highest BCUT2D eigenvalue weighted by atomic mass is 16.2. The van der Waals surface area contributed by atoms with Crippen molar-refractivity contribution in [3.8, 4) is 0 Å². The first-order chi connectivity index (χ1) is 10.6. The predicted octanol–water partition coefficient (Wildman–Crippen LogP) is 0.651. The van der Waals surface area contributed by atoms with Crippen molar-refractivity contribution in [2.75, 3.05) is 19.6 Å². The summed E-state index contributed by atoms with van der Waals surface area (Å²) < 4.78 is 0. The Bertz CT molecular complexity index is 368. The summed E-state index contributed by atoms with van der Waals surface area (Å²) in [5.74, 6) is -0.178. The molecule has 4 N–H and O–H groups in total. The van der Waals surface area contributed by atoms with Crippen LogP contribution in [0.25, 0.3) is 0 Å². The first-order valence-corrected chi connectivity index (χ1v) is 8.13. The molecule has 1 aliphatic carbocycles. The van der Waals surface area contributed by atoms with Gasteiger partial charge in [0.15, 0.2) is 0 Å². The highest BCUT2D eigenvalue weighted by Gasteiger charge is 2.15. The number of urea groups is 1. The molecule has 22 heavy (non-hydrogen) atoms. The molecule has 1 saturated carbocycles. The maximum Gasteiger partial charge on any atom is 0.315 e. The first kappa shape index (κ1) is 18.3. The lowest BCUT2D eigenvalue weighted by molar-refractivity contribution is -0.122. The van der Waals surface area contributed by atoms with E-state index in [1.165, 1.54) is 26.2 Å². The van der Waals surface area contributed by atoms with Crippen LogP contribution >= 0.6 is 0 Å². The number of hydrogen-bond donors (Lipinski definition) is 4. The minimum atomic E-state index is -0.141. The van der Waals surface area contributed by atoms with Gasteiger partial charge in [-0.1, -0.05) is 19.3 Å². The fraction of sp³-hybridized carbons (Fsp3) is 0.800. The molecule has 7 nitrogen and oxygen atoms in total. The number of nitrogens with one attached hydrogen (secondary N) is 4. The molecular formula is C15H28N4O3. The maximum atomic E-state index is 11.7. The van der Waals surface area contributed by atoms with E-state index in [4.69, 9.17) is 0 Å². The van der Waals surface area contributed by atoms with Crippen molar-refractivity contribution in [2.24, 2.45) is 0 Å². The molecule has 1 fully saturated rings. The van der Waals surface area contributed by atoms with Gasteiger partial charge in [0, 0.05) is 39.0 Å². The summed E-state index contributed by atoms with van der Waals surface area (Å²) in [5.41, 5.74) is 0. The number of carbonyl (C=O) groups is 3. The minimum Gasteiger partial charge on any atom is -0.355 e. The van der Waals surface area contributed by atoms with Crippen LogP contribution in [0.4, 0.5) is 4.79 Å². The molecule has 0 aliphatic heterocycles. The zero-order valence-corrected chi connectivity index (χ0v) is 13.4. The van der Waals surface area contributed by atoms with Gasteiger partial charge in [-0.15, -0.1) is 0 Å². The lowest BCUT2D eigenvalue weighted by atomic mass is 9.96. The van der Waals surface area contributed by atoms with Crippen LogP contribution in [0, 0.1) is 0 Å². The van der Waals surface area contributed by atoms with E-state index >= 15 is 0 Å². The molecule has 1 aliphatic rings. The SMILES string of the molecule is CC(=O)NCCNC(=O)CCCNC(=O)NC1CCCCC1. The second kappa shape index (κ2) is 10.9. The number of amides is 4. The summed E-state index contributed by atoms with van der Waals surface area (Å²) in [6.45, 7) is 2.78. The Balaban J connectivity index is 1.96. The predicted molar refractivity (Wildman–Crippen MR) is 84.3 cm³/mol. The fourth-order valence-electron chi connectivity index (χ4n) is 2.46. The summed E-state index contributed by atoms with van der Waals surface area (Å²) in [4.78, 5) is 33.8. The van der Waals surface area contributed by atoms with Crippen LogP contribution in [-0.2, 0) is 9.59 Å². The van der Waals surface area contributed by atoms with Crippen molar-refractivity contribution >= 4 is 17.8 Å². The van der Waals surface area contributed by atoms with Crippen LogP contribution in [-0.4, -0.2) is 43.5 Å². The van der Waals surface area contributed by atoms with Gasteiger partial charge in [-0.2, -0.15) is 0 Å². The zero-order chi connectivity index (χ0) is 16.2. The molecule has 1 rings (SSSR count). The van der Waals surface area contributed by atoms with E-state index < -0.39 is 0 Å². The molecule has 0 unspecified atom stereocenters. The van der Waals surface area contributed by atoms with Gasteiger partial charge in [0.25, 0.3) is 0 Å². The van der Waals surface area contributed by atoms with Crippen LogP contribution in [0.15, 0.2) is 0 Å². The highest BCUT2D eigenvalue weighted by Crippen LogP contribution is 2.17. The Kier molecular flexibility index (Phi) is 9.02. The summed E-state index contributed by atoms with van der Waals surface area (Å²) in [6, 6.07) is 0.156. The molecule has 0 atom stereocenters. The fourth-order valence-corrected chi connectivity index (χ4v) is 2.46. The average molecular weight is 312 g/mol. The third kappa shape index (κ3) is 9.20. The van der Waals surface area contributed by atoms with Gasteiger partial charge in [-0.3, -0.25) is 9.59 Å². The van der Waals surface area contributed by atoms with Gasteiger partial charge in [0.2, 0.25) is 11.8 Å². The van der Waals surface area contributed by atoms with E-state index in [0.29, 0.717) is 38.5 Å². The third-order valence-electron chi connectivity index (χ3n) is 3.63. The molecule has 0 bridgehead atoms. The van der Waals surface area contributed by atoms with Crippen LogP contribution in [0.3, 0.4) is 0 Å². The Morgan fingerprint density at radius 3 is 2.27 bits per heavy atom. The molecule has 0 saturated heterocycles. The van der Waals surface area contributed by atoms with E-state index in [-0.39, 0.29) is 17.8 Å². The Morgan fingerprint density at radius 1 is 0.909 bits per heavy atom. The van der Waals surface area contributed by atoms with Crippen molar-refractivity contribution in [1.82, 2.24) is 21.3 Å². The molecule has 0 spiro atoms. The van der Waals surface area contributed by atoms with Crippen LogP contribution in [0.2, 0.25) is 0 Å². The monoisotopic (exact) mass is 312 g/mol. The van der Waals surface area contributed by atoms with E-state index in [1.54, 1.807) is 0 Å². The molecule has 7 heteroatoms. The molecule has 0 aromatic carbocycles. The van der Waals surface area contributed by atoms with Gasteiger partial charge >= 0.3 is 6.03 Å². The van der Waals surface area contributed by atoms with Crippen LogP contribution in [0.5, 0.6) is 0 Å². The van der Waals surface area contributed by atoms with Gasteiger partial charge < -0.3 is 21.3 Å². The Hall–Kier alpha value is -1.79. The molecule has 0 aromatic heterocycles. The summed E-state index contributed by atoms with van der Waals surface area (Å²) in [6.07, 6.45) is 6.71. The zero-order valence-electron chi connectivity index (χ0n) is 13.4. The van der Waals surface area contributed by atoms with Crippen molar-refractivity contribution in [3.63, 3.8) is 0 Å². The van der Waals surface area contributed by atoms with E-state index in [1.807, 2.05) is 0 Å². The molecule has 0 heterocycles. The van der Waals surface area contributed by atoms with Crippen molar-refractivity contribution in [3.05, 3.63) is 0 Å². The van der Waals surface area contributed by atoms with Gasteiger partial charge in [0.1, 0.15) is 0 Å². The quantitative estimate of drug-likeness (QED) is 0.495. The topological polar surface area (TPSA) is 99.3 Å². The van der Waals surface area contributed by atoms with Crippen LogP contribution < -0.4 is 21.3 Å². The normalized spacial score (nSPS) is 15.0. The number of carbonyl (C=O) groups excluding carboxylic acids is 3. The lowest BCUT2D eigenvalue weighted by Gasteiger charge is -2.22. The maximum absolute atomic E-state index is 11.7. The van der Waals surface area contributed by atoms with E-state index in [0.717, 1.165) is 12.8 Å². The smallest absolute Gasteiger partial charge is 0.315 e. The number of hydrogen-bond acceptors (Lipinski definition) is 3. The highest BCUT2D eigenvalue weighted by molar-refractivity contribution is 5.76. The lowest BCUT2D eigenvalue weighted by Crippen LogP contribution is -2.43. The minimum absolute atomic E-state index is 0.0696. The standard InChI is InChI=1S/C15H28N4O3/c1-12(20)16-10-11-17-14(21)8-5-9-18-15(22)19-13-6-3-2-4-7-13/h13H,2-11H2,1H3,(H,16,20)(H,17,21)(H2,18,19,22). The third-order valence-corrected chi connectivity index (χ3v) is 3.63. The Morgan fingerprint density at radius 2 is 1.59 bits per heavy atom. The molecule has 126 valence electrons. The van der Waals surface area contributed by atoms with Gasteiger partial charge in [-0.05, 0) is 19.3 Å². The van der Waals surface area contributed by atoms with Gasteiger partial charge in [-0.25, -0.2) is 4.79 Å². The Labute approximate surface area is 132 Å². The molecule has 0 aromatic rings. The summed E-state index contributed by atoms with van der Waals surface area (Å²) >= 11 is 0. The molecule has 0 radical (unpaired) electrons. The average Bonchev–Trinajstić information content (AvgIpc) is 2.49. The first-order valence-electron chi connectivity index (χ1n) is 8.13. The largest absolute Gasteiger partial charge is 0.355 e. The molecule has 4 amide bonds.